The van der Waals surface area contributed by atoms with Crippen LogP contribution in [0.5, 0.6) is 0 Å². The van der Waals surface area contributed by atoms with Gasteiger partial charge in [0.1, 0.15) is 0 Å². The Kier molecular flexibility index (Phi) is 6.19. The molecule has 0 unspecified atom stereocenters. The van der Waals surface area contributed by atoms with Crippen LogP contribution in [-0.4, -0.2) is 48.1 Å². The number of benzene rings is 3. The van der Waals surface area contributed by atoms with Crippen molar-refractivity contribution in [3.8, 4) is 0 Å². The molecule has 2 heterocycles. The lowest BCUT2D eigenvalue weighted by Gasteiger charge is -2.27. The van der Waals surface area contributed by atoms with Gasteiger partial charge in [0.2, 0.25) is 0 Å². The third-order valence-electron chi connectivity index (χ3n) is 6.64. The number of carbonyl (C=O) groups is 1. The van der Waals surface area contributed by atoms with Crippen LogP contribution in [0.4, 0.5) is 0 Å². The predicted octanol–water partition coefficient (Wildman–Crippen LogP) is 6.28. The molecule has 0 saturated carbocycles. The first-order valence-electron chi connectivity index (χ1n) is 11.3. The molecule has 0 amide bonds. The van der Waals surface area contributed by atoms with Crippen molar-refractivity contribution in [2.45, 2.75) is 20.4 Å². The summed E-state index contributed by atoms with van der Waals surface area (Å²) < 4.78 is 7.66. The van der Waals surface area contributed by atoms with Crippen LogP contribution < -0.4 is 0 Å². The number of aromatic nitrogens is 1. The number of halogens is 2. The van der Waals surface area contributed by atoms with E-state index in [1.807, 2.05) is 50.2 Å². The van der Waals surface area contributed by atoms with Crippen molar-refractivity contribution < 1.29 is 9.53 Å². The SMILES string of the molecule is Cc1cc(C(=O)c2c(C)n(CCN3CCOCC3)c3cc(Cl)cc(Cl)c23)cc2ccccc12. The first-order valence-corrected chi connectivity index (χ1v) is 12.0. The second-order valence-electron chi connectivity index (χ2n) is 8.69. The number of ether oxygens (including phenoxy) is 1. The summed E-state index contributed by atoms with van der Waals surface area (Å²) in [7, 11) is 0. The van der Waals surface area contributed by atoms with Crippen molar-refractivity contribution in [1.29, 1.82) is 0 Å². The van der Waals surface area contributed by atoms with Gasteiger partial charge in [0, 0.05) is 47.8 Å². The summed E-state index contributed by atoms with van der Waals surface area (Å²) >= 11 is 13.1. The number of nitrogens with zero attached hydrogens (tertiary/aromatic N) is 2. The average Bonchev–Trinajstić information content (AvgIpc) is 3.09. The average molecular weight is 481 g/mol. The molecule has 0 radical (unpaired) electrons. The lowest BCUT2D eigenvalue weighted by atomic mass is 9.95. The van der Waals surface area contributed by atoms with Crippen molar-refractivity contribution in [3.05, 3.63) is 81.0 Å². The minimum absolute atomic E-state index is 0.0132. The molecule has 1 aromatic heterocycles. The first-order chi connectivity index (χ1) is 15.9. The first kappa shape index (κ1) is 22.4. The van der Waals surface area contributed by atoms with Crippen molar-refractivity contribution in [2.75, 3.05) is 32.8 Å². The largest absolute Gasteiger partial charge is 0.379 e. The van der Waals surface area contributed by atoms with E-state index in [0.717, 1.165) is 72.3 Å². The summed E-state index contributed by atoms with van der Waals surface area (Å²) in [6.07, 6.45) is 0. The third kappa shape index (κ3) is 4.17. The molecule has 4 aromatic rings. The molecule has 1 aliphatic heterocycles. The van der Waals surface area contributed by atoms with Gasteiger partial charge < -0.3 is 9.30 Å². The van der Waals surface area contributed by atoms with Crippen LogP contribution in [0, 0.1) is 13.8 Å². The maximum Gasteiger partial charge on any atom is 0.195 e. The van der Waals surface area contributed by atoms with Gasteiger partial charge in [0.15, 0.2) is 5.78 Å². The number of morpholine rings is 1. The normalized spacial score (nSPS) is 14.9. The zero-order chi connectivity index (χ0) is 23.1. The molecule has 6 heteroatoms. The molecule has 1 saturated heterocycles. The predicted molar refractivity (Wildman–Crippen MR) is 136 cm³/mol. The molecule has 0 aliphatic carbocycles. The van der Waals surface area contributed by atoms with Crippen molar-refractivity contribution >= 4 is 50.7 Å². The summed E-state index contributed by atoms with van der Waals surface area (Å²) in [5, 5.41) is 4.06. The van der Waals surface area contributed by atoms with E-state index in [4.69, 9.17) is 27.9 Å². The van der Waals surface area contributed by atoms with E-state index in [2.05, 4.69) is 15.5 Å². The molecule has 0 atom stereocenters. The van der Waals surface area contributed by atoms with E-state index in [0.29, 0.717) is 21.2 Å². The molecule has 1 fully saturated rings. The van der Waals surface area contributed by atoms with E-state index in [9.17, 15) is 4.79 Å². The molecular weight excluding hydrogens is 455 g/mol. The van der Waals surface area contributed by atoms with Crippen LogP contribution in [0.1, 0.15) is 27.2 Å². The van der Waals surface area contributed by atoms with E-state index < -0.39 is 0 Å². The smallest absolute Gasteiger partial charge is 0.195 e. The number of hydrogen-bond donors (Lipinski definition) is 0. The molecule has 0 N–H and O–H groups in total. The summed E-state index contributed by atoms with van der Waals surface area (Å²) in [6, 6.07) is 15.7. The van der Waals surface area contributed by atoms with Gasteiger partial charge in [-0.15, -0.1) is 0 Å². The van der Waals surface area contributed by atoms with Gasteiger partial charge in [-0.2, -0.15) is 0 Å². The monoisotopic (exact) mass is 480 g/mol. The molecule has 1 aliphatic rings. The second-order valence-corrected chi connectivity index (χ2v) is 9.53. The summed E-state index contributed by atoms with van der Waals surface area (Å²) in [6.45, 7) is 9.03. The highest BCUT2D eigenvalue weighted by Crippen LogP contribution is 2.36. The Hall–Kier alpha value is -2.37. The van der Waals surface area contributed by atoms with E-state index >= 15 is 0 Å². The van der Waals surface area contributed by atoms with Crippen LogP contribution >= 0.6 is 23.2 Å². The van der Waals surface area contributed by atoms with Crippen LogP contribution in [-0.2, 0) is 11.3 Å². The Morgan fingerprint density at radius 1 is 1.00 bits per heavy atom. The zero-order valence-electron chi connectivity index (χ0n) is 18.8. The Balaban J connectivity index is 1.62. The quantitative estimate of drug-likeness (QED) is 0.315. The fourth-order valence-electron chi connectivity index (χ4n) is 4.93. The number of carbonyl (C=O) groups excluding carboxylic acids is 1. The Bertz CT molecular complexity index is 1370. The van der Waals surface area contributed by atoms with Gasteiger partial charge in [0.25, 0.3) is 0 Å². The van der Waals surface area contributed by atoms with E-state index in [-0.39, 0.29) is 5.78 Å². The number of aryl methyl sites for hydroxylation is 1. The summed E-state index contributed by atoms with van der Waals surface area (Å²) in [4.78, 5) is 16.3. The Morgan fingerprint density at radius 3 is 2.55 bits per heavy atom. The third-order valence-corrected chi connectivity index (χ3v) is 7.16. The standard InChI is InChI=1S/C27H26Cl2N2O2/c1-17-13-20(14-19-5-3-4-6-22(17)19)27(32)25-18(2)31(8-7-30-9-11-33-12-10-30)24-16-21(28)15-23(29)26(24)25/h3-6,13-16H,7-12H2,1-2H3. The minimum Gasteiger partial charge on any atom is -0.379 e. The fourth-order valence-corrected chi connectivity index (χ4v) is 5.50. The number of fused-ring (bicyclic) bond motifs is 2. The zero-order valence-corrected chi connectivity index (χ0v) is 20.3. The fraction of sp³-hybridized carbons (Fsp3) is 0.296. The summed E-state index contributed by atoms with van der Waals surface area (Å²) in [5.74, 6) is -0.0132. The molecular formula is C27H26Cl2N2O2. The number of hydrogen-bond acceptors (Lipinski definition) is 3. The van der Waals surface area contributed by atoms with Crippen LogP contribution in [0.25, 0.3) is 21.7 Å². The van der Waals surface area contributed by atoms with Crippen LogP contribution in [0.2, 0.25) is 10.0 Å². The Morgan fingerprint density at radius 2 is 1.76 bits per heavy atom. The van der Waals surface area contributed by atoms with Crippen LogP contribution in [0.15, 0.2) is 48.5 Å². The number of ketones is 1. The molecule has 170 valence electrons. The molecule has 4 nitrogen and oxygen atoms in total. The van der Waals surface area contributed by atoms with Gasteiger partial charge in [-0.05, 0) is 54.4 Å². The van der Waals surface area contributed by atoms with E-state index in [1.54, 1.807) is 6.07 Å². The number of rotatable bonds is 5. The topological polar surface area (TPSA) is 34.5 Å². The highest BCUT2D eigenvalue weighted by Gasteiger charge is 2.24. The van der Waals surface area contributed by atoms with Crippen molar-refractivity contribution in [1.82, 2.24) is 9.47 Å². The molecule has 0 bridgehead atoms. The minimum atomic E-state index is -0.0132. The highest BCUT2D eigenvalue weighted by atomic mass is 35.5. The van der Waals surface area contributed by atoms with Crippen molar-refractivity contribution in [2.24, 2.45) is 0 Å². The van der Waals surface area contributed by atoms with Gasteiger partial charge >= 0.3 is 0 Å². The maximum atomic E-state index is 13.9. The van der Waals surface area contributed by atoms with Crippen molar-refractivity contribution in [3.63, 3.8) is 0 Å². The maximum absolute atomic E-state index is 13.9. The van der Waals surface area contributed by atoms with Gasteiger partial charge in [-0.25, -0.2) is 0 Å². The molecule has 5 rings (SSSR count). The second kappa shape index (κ2) is 9.11. The Labute approximate surface area is 203 Å². The molecule has 33 heavy (non-hydrogen) atoms. The highest BCUT2D eigenvalue weighted by molar-refractivity contribution is 6.40. The van der Waals surface area contributed by atoms with Gasteiger partial charge in [-0.1, -0.05) is 47.5 Å². The van der Waals surface area contributed by atoms with Crippen LogP contribution in [0.3, 0.4) is 0 Å². The van der Waals surface area contributed by atoms with Gasteiger partial charge in [0.05, 0.1) is 29.3 Å². The molecule has 3 aromatic carbocycles. The lowest BCUT2D eigenvalue weighted by molar-refractivity contribution is 0.0365. The molecule has 0 spiro atoms. The lowest BCUT2D eigenvalue weighted by Crippen LogP contribution is -2.38. The van der Waals surface area contributed by atoms with E-state index in [1.165, 1.54) is 0 Å². The van der Waals surface area contributed by atoms with Gasteiger partial charge in [-0.3, -0.25) is 9.69 Å². The summed E-state index contributed by atoms with van der Waals surface area (Å²) in [5.41, 5.74) is 4.23.